The molecule has 3 aromatic carbocycles. The lowest BCUT2D eigenvalue weighted by Crippen LogP contribution is -2.32. The molecular weight excluding hydrogens is 502 g/mol. The van der Waals surface area contributed by atoms with Crippen molar-refractivity contribution in [2.45, 2.75) is 30.8 Å². The van der Waals surface area contributed by atoms with Crippen LogP contribution in [0.25, 0.3) is 0 Å². The van der Waals surface area contributed by atoms with E-state index >= 15 is 0 Å². The molecule has 0 radical (unpaired) electrons. The Hall–Kier alpha value is -3.40. The third-order valence-electron chi connectivity index (χ3n) is 5.74. The van der Waals surface area contributed by atoms with Gasteiger partial charge in [0.25, 0.3) is 21.8 Å². The fourth-order valence-electron chi connectivity index (χ4n) is 3.75. The minimum atomic E-state index is -3.85. The normalized spacial score (nSPS) is 15.3. The largest absolute Gasteiger partial charge is 0.376 e. The SMILES string of the molecule is Cc1ccc(S(=O)(=O)Nc2ccc(C(=O)Nc3ccccc3C(=O)NC[C@@H]3CCCO3)cc2Cl)cc1. The number of hydrogen-bond donors (Lipinski definition) is 3. The van der Waals surface area contributed by atoms with Gasteiger partial charge in [0.15, 0.2) is 0 Å². The van der Waals surface area contributed by atoms with Gasteiger partial charge in [-0.15, -0.1) is 0 Å². The van der Waals surface area contributed by atoms with Gasteiger partial charge >= 0.3 is 0 Å². The quantitative estimate of drug-likeness (QED) is 0.396. The molecule has 0 saturated carbocycles. The van der Waals surface area contributed by atoms with Crippen LogP contribution in [0.3, 0.4) is 0 Å². The molecule has 0 bridgehead atoms. The number of carbonyl (C=O) groups excluding carboxylic acids is 2. The smallest absolute Gasteiger partial charge is 0.261 e. The fourth-order valence-corrected chi connectivity index (χ4v) is 5.12. The Morgan fingerprint density at radius 1 is 1.00 bits per heavy atom. The van der Waals surface area contributed by atoms with Crippen LogP contribution in [-0.4, -0.2) is 39.5 Å². The van der Waals surface area contributed by atoms with Gasteiger partial charge in [-0.25, -0.2) is 8.42 Å². The molecule has 0 unspecified atom stereocenters. The van der Waals surface area contributed by atoms with E-state index in [1.54, 1.807) is 36.4 Å². The molecule has 36 heavy (non-hydrogen) atoms. The van der Waals surface area contributed by atoms with Gasteiger partial charge in [-0.05, 0) is 62.2 Å². The lowest BCUT2D eigenvalue weighted by Gasteiger charge is -2.14. The molecule has 3 aromatic rings. The zero-order chi connectivity index (χ0) is 25.7. The van der Waals surface area contributed by atoms with Gasteiger partial charge in [-0.2, -0.15) is 0 Å². The van der Waals surface area contributed by atoms with Crippen LogP contribution in [-0.2, 0) is 14.8 Å². The number of para-hydroxylation sites is 1. The van der Waals surface area contributed by atoms with Crippen LogP contribution in [0.5, 0.6) is 0 Å². The summed E-state index contributed by atoms with van der Waals surface area (Å²) in [5.41, 5.74) is 1.94. The van der Waals surface area contributed by atoms with E-state index in [2.05, 4.69) is 15.4 Å². The van der Waals surface area contributed by atoms with E-state index in [0.717, 1.165) is 18.4 Å². The summed E-state index contributed by atoms with van der Waals surface area (Å²) in [6, 6.07) is 17.3. The fraction of sp³-hybridized carbons (Fsp3) is 0.231. The van der Waals surface area contributed by atoms with Crippen LogP contribution in [0.4, 0.5) is 11.4 Å². The highest BCUT2D eigenvalue weighted by atomic mass is 35.5. The molecule has 1 atom stereocenters. The van der Waals surface area contributed by atoms with E-state index in [9.17, 15) is 18.0 Å². The number of halogens is 1. The minimum Gasteiger partial charge on any atom is -0.376 e. The Labute approximate surface area is 215 Å². The van der Waals surface area contributed by atoms with Crippen molar-refractivity contribution in [1.82, 2.24) is 5.32 Å². The Morgan fingerprint density at radius 2 is 1.75 bits per heavy atom. The summed E-state index contributed by atoms with van der Waals surface area (Å²) < 4.78 is 33.3. The van der Waals surface area contributed by atoms with Gasteiger partial charge in [0.2, 0.25) is 0 Å². The van der Waals surface area contributed by atoms with E-state index in [0.29, 0.717) is 24.4 Å². The summed E-state index contributed by atoms with van der Waals surface area (Å²) in [7, 11) is -3.85. The summed E-state index contributed by atoms with van der Waals surface area (Å²) >= 11 is 6.30. The summed E-state index contributed by atoms with van der Waals surface area (Å²) in [4.78, 5) is 25.7. The van der Waals surface area contributed by atoms with Crippen LogP contribution in [0.1, 0.15) is 39.1 Å². The second-order valence-electron chi connectivity index (χ2n) is 8.46. The lowest BCUT2D eigenvalue weighted by molar-refractivity contribution is 0.0858. The van der Waals surface area contributed by atoms with Crippen molar-refractivity contribution in [3.63, 3.8) is 0 Å². The first kappa shape index (κ1) is 25.7. The van der Waals surface area contributed by atoms with Crippen molar-refractivity contribution in [2.75, 3.05) is 23.2 Å². The van der Waals surface area contributed by atoms with Crippen molar-refractivity contribution in [3.05, 3.63) is 88.4 Å². The molecule has 10 heteroatoms. The molecule has 1 heterocycles. The monoisotopic (exact) mass is 527 g/mol. The zero-order valence-electron chi connectivity index (χ0n) is 19.6. The van der Waals surface area contributed by atoms with E-state index in [4.69, 9.17) is 16.3 Å². The molecule has 3 N–H and O–H groups in total. The van der Waals surface area contributed by atoms with Crippen molar-refractivity contribution in [1.29, 1.82) is 0 Å². The maximum atomic E-state index is 12.9. The van der Waals surface area contributed by atoms with E-state index in [-0.39, 0.29) is 33.2 Å². The summed E-state index contributed by atoms with van der Waals surface area (Å²) in [6.45, 7) is 2.96. The summed E-state index contributed by atoms with van der Waals surface area (Å²) in [5.74, 6) is -0.815. The maximum Gasteiger partial charge on any atom is 0.261 e. The van der Waals surface area contributed by atoms with Crippen molar-refractivity contribution in [3.8, 4) is 0 Å². The highest BCUT2D eigenvalue weighted by Crippen LogP contribution is 2.27. The van der Waals surface area contributed by atoms with Crippen LogP contribution < -0.4 is 15.4 Å². The Kier molecular flexibility index (Phi) is 7.93. The molecule has 2 amide bonds. The van der Waals surface area contributed by atoms with E-state index in [1.165, 1.54) is 30.3 Å². The second kappa shape index (κ2) is 11.1. The number of amides is 2. The van der Waals surface area contributed by atoms with Crippen molar-refractivity contribution < 1.29 is 22.7 Å². The van der Waals surface area contributed by atoms with Crippen LogP contribution in [0.15, 0.2) is 71.6 Å². The van der Waals surface area contributed by atoms with Gasteiger partial charge in [-0.1, -0.05) is 41.4 Å². The molecule has 4 rings (SSSR count). The number of nitrogens with one attached hydrogen (secondary N) is 3. The maximum absolute atomic E-state index is 12.9. The first-order chi connectivity index (χ1) is 17.2. The molecule has 0 aliphatic carbocycles. The zero-order valence-corrected chi connectivity index (χ0v) is 21.2. The number of carbonyl (C=O) groups is 2. The predicted octanol–water partition coefficient (Wildman–Crippen LogP) is 4.61. The topological polar surface area (TPSA) is 114 Å². The lowest BCUT2D eigenvalue weighted by atomic mass is 10.1. The van der Waals surface area contributed by atoms with Crippen LogP contribution in [0.2, 0.25) is 5.02 Å². The van der Waals surface area contributed by atoms with Gasteiger partial charge < -0.3 is 15.4 Å². The van der Waals surface area contributed by atoms with Crippen molar-refractivity contribution >= 4 is 44.8 Å². The average Bonchev–Trinajstić information content (AvgIpc) is 3.38. The van der Waals surface area contributed by atoms with Gasteiger partial charge in [0.05, 0.1) is 33.0 Å². The number of hydrogen-bond acceptors (Lipinski definition) is 5. The van der Waals surface area contributed by atoms with E-state index < -0.39 is 15.9 Å². The van der Waals surface area contributed by atoms with Crippen molar-refractivity contribution in [2.24, 2.45) is 0 Å². The number of sulfonamides is 1. The van der Waals surface area contributed by atoms with Gasteiger partial charge in [-0.3, -0.25) is 14.3 Å². The molecule has 1 aliphatic rings. The molecule has 1 aliphatic heterocycles. The number of rotatable bonds is 8. The molecule has 1 saturated heterocycles. The van der Waals surface area contributed by atoms with E-state index in [1.807, 2.05) is 6.92 Å². The van der Waals surface area contributed by atoms with Crippen LogP contribution in [0, 0.1) is 6.92 Å². The summed E-state index contributed by atoms with van der Waals surface area (Å²) in [5, 5.41) is 5.64. The molecule has 0 aromatic heterocycles. The Bertz CT molecular complexity index is 1370. The highest BCUT2D eigenvalue weighted by Gasteiger charge is 2.20. The average molecular weight is 528 g/mol. The first-order valence-corrected chi connectivity index (χ1v) is 13.3. The number of aryl methyl sites for hydroxylation is 1. The Balaban J connectivity index is 1.45. The van der Waals surface area contributed by atoms with Gasteiger partial charge in [0.1, 0.15) is 0 Å². The molecular formula is C26H26ClN3O5S. The number of benzene rings is 3. The molecule has 1 fully saturated rings. The van der Waals surface area contributed by atoms with Gasteiger partial charge in [0, 0.05) is 18.7 Å². The Morgan fingerprint density at radius 3 is 2.44 bits per heavy atom. The highest BCUT2D eigenvalue weighted by molar-refractivity contribution is 7.92. The number of anilines is 2. The molecule has 0 spiro atoms. The second-order valence-corrected chi connectivity index (χ2v) is 10.5. The third-order valence-corrected chi connectivity index (χ3v) is 7.44. The minimum absolute atomic E-state index is 0.000193. The third kappa shape index (κ3) is 6.23. The first-order valence-electron chi connectivity index (χ1n) is 11.4. The summed E-state index contributed by atoms with van der Waals surface area (Å²) in [6.07, 6.45) is 1.87. The van der Waals surface area contributed by atoms with Crippen LogP contribution >= 0.6 is 11.6 Å². The standard InChI is InChI=1S/C26H26ClN3O5S/c1-17-8-11-20(12-9-17)36(33,34)30-24-13-10-18(15-22(24)27)25(31)29-23-7-3-2-6-21(23)26(32)28-16-19-5-4-14-35-19/h2-3,6-13,15,19,30H,4-5,14,16H2,1H3,(H,28,32)(H,29,31)/t19-/m0/s1. The molecule has 188 valence electrons. The molecule has 8 nitrogen and oxygen atoms in total. The number of ether oxygens (including phenoxy) is 1. The predicted molar refractivity (Wildman–Crippen MR) is 139 cm³/mol.